The molecule has 1 fully saturated rings. The van der Waals surface area contributed by atoms with Crippen LogP contribution in [0.25, 0.3) is 0 Å². The lowest BCUT2D eigenvalue weighted by Gasteiger charge is -2.28. The summed E-state index contributed by atoms with van der Waals surface area (Å²) in [5, 5.41) is 0. The third kappa shape index (κ3) is 4.35. The maximum absolute atomic E-state index is 12.6. The first kappa shape index (κ1) is 21.1. The Kier molecular flexibility index (Phi) is 6.71. The van der Waals surface area contributed by atoms with Crippen LogP contribution in [-0.2, 0) is 27.3 Å². The van der Waals surface area contributed by atoms with E-state index in [1.54, 1.807) is 14.2 Å². The number of quaternary nitrogens is 1. The van der Waals surface area contributed by atoms with Gasteiger partial charge in [-0.2, -0.15) is 0 Å². The van der Waals surface area contributed by atoms with Gasteiger partial charge in [0.05, 0.1) is 20.8 Å². The Hall–Kier alpha value is -2.65. The number of imide groups is 2. The van der Waals surface area contributed by atoms with E-state index >= 15 is 0 Å². The van der Waals surface area contributed by atoms with Gasteiger partial charge < -0.3 is 19.1 Å². The SMILES string of the molecule is CCOCCCN1C(=O)C(=O)N(C[NH+]2CCc3cc(OC)c(OC)cc3C2)C1=O. The first-order valence-corrected chi connectivity index (χ1v) is 9.82. The summed E-state index contributed by atoms with van der Waals surface area (Å²) in [4.78, 5) is 40.3. The van der Waals surface area contributed by atoms with E-state index in [0.717, 1.165) is 33.2 Å². The number of ether oxygens (including phenoxy) is 3. The van der Waals surface area contributed by atoms with E-state index in [2.05, 4.69) is 0 Å². The van der Waals surface area contributed by atoms with E-state index in [4.69, 9.17) is 14.2 Å². The van der Waals surface area contributed by atoms with Gasteiger partial charge in [0.2, 0.25) is 0 Å². The maximum Gasteiger partial charge on any atom is 0.338 e. The minimum absolute atomic E-state index is 0.166. The second-order valence-corrected chi connectivity index (χ2v) is 7.08. The minimum Gasteiger partial charge on any atom is -0.493 e. The van der Waals surface area contributed by atoms with Crippen LogP contribution >= 0.6 is 0 Å². The van der Waals surface area contributed by atoms with Crippen molar-refractivity contribution >= 4 is 17.8 Å². The molecule has 1 atom stereocenters. The average Bonchev–Trinajstić information content (AvgIpc) is 2.93. The van der Waals surface area contributed by atoms with Gasteiger partial charge >= 0.3 is 17.8 Å². The van der Waals surface area contributed by atoms with Crippen molar-refractivity contribution in [3.8, 4) is 11.5 Å². The lowest BCUT2D eigenvalue weighted by atomic mass is 9.99. The summed E-state index contributed by atoms with van der Waals surface area (Å²) in [6, 6.07) is 3.37. The molecule has 158 valence electrons. The van der Waals surface area contributed by atoms with Crippen molar-refractivity contribution in [3.05, 3.63) is 23.3 Å². The lowest BCUT2D eigenvalue weighted by Crippen LogP contribution is -3.13. The number of fused-ring (bicyclic) bond motifs is 1. The first-order valence-electron chi connectivity index (χ1n) is 9.82. The molecule has 0 radical (unpaired) electrons. The zero-order valence-corrected chi connectivity index (χ0v) is 17.2. The Morgan fingerprint density at radius 3 is 2.31 bits per heavy atom. The summed E-state index contributed by atoms with van der Waals surface area (Å²) in [6.45, 7) is 4.63. The van der Waals surface area contributed by atoms with Gasteiger partial charge in [0.1, 0.15) is 6.54 Å². The zero-order chi connectivity index (χ0) is 21.0. The number of nitrogens with zero attached hydrogens (tertiary/aromatic N) is 2. The van der Waals surface area contributed by atoms with Gasteiger partial charge in [0.15, 0.2) is 18.2 Å². The number of carbonyl (C=O) groups is 3. The van der Waals surface area contributed by atoms with Crippen molar-refractivity contribution in [1.29, 1.82) is 0 Å². The number of hydrogen-bond donors (Lipinski definition) is 1. The molecule has 29 heavy (non-hydrogen) atoms. The Morgan fingerprint density at radius 2 is 1.66 bits per heavy atom. The summed E-state index contributed by atoms with van der Waals surface area (Å²) in [7, 11) is 3.19. The molecule has 0 aliphatic carbocycles. The number of hydrogen-bond acceptors (Lipinski definition) is 6. The molecule has 2 aliphatic heterocycles. The molecule has 0 saturated carbocycles. The van der Waals surface area contributed by atoms with Crippen LogP contribution in [0.2, 0.25) is 0 Å². The highest BCUT2D eigenvalue weighted by Crippen LogP contribution is 2.31. The third-order valence-corrected chi connectivity index (χ3v) is 5.29. The van der Waals surface area contributed by atoms with Crippen LogP contribution in [0.1, 0.15) is 24.5 Å². The molecular formula is C20H28N3O6+. The van der Waals surface area contributed by atoms with E-state index in [1.165, 1.54) is 5.56 Å². The van der Waals surface area contributed by atoms with Gasteiger partial charge in [-0.3, -0.25) is 14.5 Å². The number of carbonyl (C=O) groups excluding carboxylic acids is 3. The van der Waals surface area contributed by atoms with Gasteiger partial charge in [-0.15, -0.1) is 0 Å². The highest BCUT2D eigenvalue weighted by molar-refractivity contribution is 6.44. The van der Waals surface area contributed by atoms with Crippen molar-refractivity contribution in [1.82, 2.24) is 9.80 Å². The van der Waals surface area contributed by atoms with Gasteiger partial charge in [-0.05, 0) is 31.0 Å². The molecule has 9 nitrogen and oxygen atoms in total. The molecular weight excluding hydrogens is 378 g/mol. The predicted molar refractivity (Wildman–Crippen MR) is 103 cm³/mol. The van der Waals surface area contributed by atoms with Gasteiger partial charge in [-0.1, -0.05) is 0 Å². The summed E-state index contributed by atoms with van der Waals surface area (Å²) in [6.07, 6.45) is 1.30. The van der Waals surface area contributed by atoms with Crippen LogP contribution in [0.4, 0.5) is 4.79 Å². The quantitative estimate of drug-likeness (QED) is 0.348. The largest absolute Gasteiger partial charge is 0.493 e. The first-order chi connectivity index (χ1) is 14.0. The number of amides is 4. The molecule has 1 aromatic rings. The molecule has 1 aromatic carbocycles. The van der Waals surface area contributed by atoms with Gasteiger partial charge in [0.25, 0.3) is 0 Å². The third-order valence-electron chi connectivity index (χ3n) is 5.29. The molecule has 2 aliphatic rings. The van der Waals surface area contributed by atoms with Crippen molar-refractivity contribution in [2.75, 3.05) is 47.2 Å². The molecule has 3 rings (SSSR count). The van der Waals surface area contributed by atoms with Crippen LogP contribution < -0.4 is 14.4 Å². The van der Waals surface area contributed by atoms with Crippen molar-refractivity contribution < 1.29 is 33.5 Å². The van der Waals surface area contributed by atoms with E-state index in [1.807, 2.05) is 19.1 Å². The summed E-state index contributed by atoms with van der Waals surface area (Å²) in [5.74, 6) is -0.170. The van der Waals surface area contributed by atoms with E-state index < -0.39 is 17.8 Å². The molecule has 9 heteroatoms. The number of rotatable bonds is 9. The second kappa shape index (κ2) is 9.23. The molecule has 0 aromatic heterocycles. The van der Waals surface area contributed by atoms with Crippen LogP contribution in [-0.4, -0.2) is 74.8 Å². The fraction of sp³-hybridized carbons (Fsp3) is 0.550. The molecule has 1 saturated heterocycles. The van der Waals surface area contributed by atoms with Crippen LogP contribution in [0.5, 0.6) is 11.5 Å². The van der Waals surface area contributed by atoms with Crippen molar-refractivity contribution in [2.24, 2.45) is 0 Å². The van der Waals surface area contributed by atoms with Crippen molar-refractivity contribution in [2.45, 2.75) is 26.3 Å². The fourth-order valence-electron chi connectivity index (χ4n) is 3.74. The Balaban J connectivity index is 1.65. The zero-order valence-electron chi connectivity index (χ0n) is 17.2. The fourth-order valence-corrected chi connectivity index (χ4v) is 3.74. The van der Waals surface area contributed by atoms with Crippen LogP contribution in [0, 0.1) is 0 Å². The second-order valence-electron chi connectivity index (χ2n) is 7.08. The highest BCUT2D eigenvalue weighted by Gasteiger charge is 2.46. The topological polar surface area (TPSA) is 89.8 Å². The van der Waals surface area contributed by atoms with E-state index in [9.17, 15) is 14.4 Å². The average molecular weight is 406 g/mol. The van der Waals surface area contributed by atoms with Crippen LogP contribution in [0.15, 0.2) is 12.1 Å². The Bertz CT molecular complexity index is 797. The number of benzene rings is 1. The van der Waals surface area contributed by atoms with Crippen LogP contribution in [0.3, 0.4) is 0 Å². The smallest absolute Gasteiger partial charge is 0.338 e. The summed E-state index contributed by atoms with van der Waals surface area (Å²) >= 11 is 0. The number of methoxy groups -OCH3 is 2. The maximum atomic E-state index is 12.6. The van der Waals surface area contributed by atoms with E-state index in [0.29, 0.717) is 37.7 Å². The summed E-state index contributed by atoms with van der Waals surface area (Å²) < 4.78 is 16.0. The molecule has 0 bridgehead atoms. The molecule has 0 spiro atoms. The molecule has 1 unspecified atom stereocenters. The standard InChI is InChI=1S/C20H27N3O6/c1-4-29-9-5-7-22-18(24)19(25)23(20(22)26)13-21-8-6-14-10-16(27-2)17(28-3)11-15(14)12-21/h10-11H,4-9,12-13H2,1-3H3/p+1. The van der Waals surface area contributed by atoms with Gasteiger partial charge in [-0.25, -0.2) is 9.69 Å². The van der Waals surface area contributed by atoms with E-state index in [-0.39, 0.29) is 13.2 Å². The summed E-state index contributed by atoms with van der Waals surface area (Å²) in [5.41, 5.74) is 2.25. The number of urea groups is 1. The predicted octanol–water partition coefficient (Wildman–Crippen LogP) is -0.180. The number of nitrogens with one attached hydrogen (secondary N) is 1. The minimum atomic E-state index is -0.755. The Labute approximate surface area is 170 Å². The Morgan fingerprint density at radius 1 is 1.00 bits per heavy atom. The lowest BCUT2D eigenvalue weighted by molar-refractivity contribution is -0.923. The van der Waals surface area contributed by atoms with Crippen molar-refractivity contribution in [3.63, 3.8) is 0 Å². The molecule has 4 amide bonds. The highest BCUT2D eigenvalue weighted by atomic mass is 16.5. The van der Waals surface area contributed by atoms with Gasteiger partial charge in [0, 0.05) is 31.7 Å². The monoisotopic (exact) mass is 406 g/mol. The normalized spacial score (nSPS) is 19.0. The molecule has 1 N–H and O–H groups in total. The molecule has 2 heterocycles.